The van der Waals surface area contributed by atoms with Gasteiger partial charge in [0.2, 0.25) is 0 Å². The van der Waals surface area contributed by atoms with Crippen molar-refractivity contribution in [3.05, 3.63) is 28.3 Å². The van der Waals surface area contributed by atoms with E-state index in [4.69, 9.17) is 21.4 Å². The number of aryl methyl sites for hydroxylation is 2. The van der Waals surface area contributed by atoms with Crippen molar-refractivity contribution in [2.45, 2.75) is 39.5 Å². The third-order valence-corrected chi connectivity index (χ3v) is 3.81. The second kappa shape index (κ2) is 10.0. The number of halogens is 1. The van der Waals surface area contributed by atoms with Gasteiger partial charge in [-0.2, -0.15) is 0 Å². The summed E-state index contributed by atoms with van der Waals surface area (Å²) in [6, 6.07) is 3.99. The van der Waals surface area contributed by atoms with Crippen molar-refractivity contribution in [1.82, 2.24) is 5.32 Å². The molecule has 0 bridgehead atoms. The fourth-order valence-corrected chi connectivity index (χ4v) is 2.20. The van der Waals surface area contributed by atoms with Crippen LogP contribution in [0.3, 0.4) is 0 Å². The maximum atomic E-state index is 8.62. The van der Waals surface area contributed by atoms with Gasteiger partial charge in [0, 0.05) is 11.6 Å². The predicted octanol–water partition coefficient (Wildman–Crippen LogP) is 3.48. The van der Waals surface area contributed by atoms with Crippen molar-refractivity contribution in [3.8, 4) is 5.75 Å². The quantitative estimate of drug-likeness (QED) is 0.650. The molecule has 0 unspecified atom stereocenters. The van der Waals surface area contributed by atoms with Crippen LogP contribution in [0.1, 0.15) is 36.8 Å². The largest absolute Gasteiger partial charge is 0.494 e. The monoisotopic (exact) mass is 299 g/mol. The Morgan fingerprint density at radius 3 is 2.35 bits per heavy atom. The molecule has 0 radical (unpaired) electrons. The van der Waals surface area contributed by atoms with Crippen LogP contribution in [-0.4, -0.2) is 31.4 Å². The molecule has 1 aromatic rings. The minimum Gasteiger partial charge on any atom is -0.494 e. The molecule has 0 aliphatic rings. The van der Waals surface area contributed by atoms with E-state index in [1.807, 2.05) is 26.0 Å². The van der Waals surface area contributed by atoms with Gasteiger partial charge in [-0.15, -0.1) is 0 Å². The molecule has 20 heavy (non-hydrogen) atoms. The minimum absolute atomic E-state index is 0.216. The first-order valence-electron chi connectivity index (χ1n) is 7.36. The molecule has 0 aromatic heterocycles. The molecule has 114 valence electrons. The van der Waals surface area contributed by atoms with Crippen molar-refractivity contribution >= 4 is 11.6 Å². The fraction of sp³-hybridized carbons (Fsp3) is 0.625. The lowest BCUT2D eigenvalue weighted by Crippen LogP contribution is -2.19. The third kappa shape index (κ3) is 6.60. The van der Waals surface area contributed by atoms with Crippen molar-refractivity contribution in [2.75, 3.05) is 26.3 Å². The van der Waals surface area contributed by atoms with Crippen molar-refractivity contribution in [1.29, 1.82) is 0 Å². The van der Waals surface area contributed by atoms with Crippen LogP contribution in [0.15, 0.2) is 12.1 Å². The van der Waals surface area contributed by atoms with Gasteiger partial charge in [-0.3, -0.25) is 0 Å². The number of unbranched alkanes of at least 4 members (excludes halogenated alkanes) is 3. The Balaban J connectivity index is 2.10. The molecule has 0 saturated carbocycles. The van der Waals surface area contributed by atoms with Crippen LogP contribution in [0.4, 0.5) is 0 Å². The molecule has 0 amide bonds. The second-order valence-corrected chi connectivity index (χ2v) is 5.49. The Morgan fingerprint density at radius 1 is 1.05 bits per heavy atom. The summed E-state index contributed by atoms with van der Waals surface area (Å²) in [6.07, 6.45) is 4.59. The summed E-state index contributed by atoms with van der Waals surface area (Å²) in [5, 5.41) is 12.6. The van der Waals surface area contributed by atoms with Gasteiger partial charge in [0.05, 0.1) is 13.2 Å². The van der Waals surface area contributed by atoms with Crippen LogP contribution >= 0.6 is 11.6 Å². The lowest BCUT2D eigenvalue weighted by Gasteiger charge is -2.10. The Bertz CT molecular complexity index is 373. The summed E-state index contributed by atoms with van der Waals surface area (Å²) in [5.41, 5.74) is 2.13. The minimum atomic E-state index is 0.216. The van der Waals surface area contributed by atoms with Crippen LogP contribution in [0, 0.1) is 13.8 Å². The normalized spacial score (nSPS) is 10.8. The first kappa shape index (κ1) is 17.3. The zero-order valence-electron chi connectivity index (χ0n) is 12.5. The summed E-state index contributed by atoms with van der Waals surface area (Å²) in [5.74, 6) is 0.911. The molecule has 0 aliphatic heterocycles. The topological polar surface area (TPSA) is 41.5 Å². The number of aliphatic hydroxyl groups is 1. The van der Waals surface area contributed by atoms with E-state index in [0.717, 1.165) is 47.9 Å². The highest BCUT2D eigenvalue weighted by Crippen LogP contribution is 2.25. The van der Waals surface area contributed by atoms with E-state index >= 15 is 0 Å². The molecule has 0 fully saturated rings. The number of hydrogen-bond acceptors (Lipinski definition) is 3. The molecule has 0 heterocycles. The number of ether oxygens (including phenoxy) is 1. The van der Waals surface area contributed by atoms with E-state index in [0.29, 0.717) is 6.54 Å². The van der Waals surface area contributed by atoms with Crippen LogP contribution in [0.25, 0.3) is 0 Å². The molecule has 0 spiro atoms. The first-order chi connectivity index (χ1) is 9.65. The van der Waals surface area contributed by atoms with Crippen molar-refractivity contribution in [2.24, 2.45) is 0 Å². The SMILES string of the molecule is Cc1cc(OCCCCCCNCCO)cc(C)c1Cl. The summed E-state index contributed by atoms with van der Waals surface area (Å²) >= 11 is 6.13. The van der Waals surface area contributed by atoms with Crippen molar-refractivity contribution in [3.63, 3.8) is 0 Å². The van der Waals surface area contributed by atoms with E-state index in [-0.39, 0.29) is 6.61 Å². The highest BCUT2D eigenvalue weighted by molar-refractivity contribution is 6.32. The van der Waals surface area contributed by atoms with Crippen LogP contribution in [-0.2, 0) is 0 Å². The Hall–Kier alpha value is -0.770. The lowest BCUT2D eigenvalue weighted by molar-refractivity contribution is 0.290. The number of hydrogen-bond donors (Lipinski definition) is 2. The van der Waals surface area contributed by atoms with Crippen LogP contribution in [0.5, 0.6) is 5.75 Å². The standard InChI is InChI=1S/C16H26ClNO2/c1-13-11-15(12-14(2)16(13)17)20-10-6-4-3-5-7-18-8-9-19/h11-12,18-19H,3-10H2,1-2H3. The zero-order chi connectivity index (χ0) is 14.8. The number of rotatable bonds is 10. The van der Waals surface area contributed by atoms with Gasteiger partial charge in [-0.05, 0) is 56.5 Å². The molecule has 1 rings (SSSR count). The van der Waals surface area contributed by atoms with Crippen LogP contribution < -0.4 is 10.1 Å². The van der Waals surface area contributed by atoms with Gasteiger partial charge in [0.1, 0.15) is 5.75 Å². The smallest absolute Gasteiger partial charge is 0.119 e. The Kier molecular flexibility index (Phi) is 8.67. The molecule has 3 nitrogen and oxygen atoms in total. The number of benzene rings is 1. The van der Waals surface area contributed by atoms with Gasteiger partial charge in [0.25, 0.3) is 0 Å². The van der Waals surface area contributed by atoms with E-state index in [1.165, 1.54) is 12.8 Å². The van der Waals surface area contributed by atoms with Gasteiger partial charge < -0.3 is 15.2 Å². The third-order valence-electron chi connectivity index (χ3n) is 3.22. The average molecular weight is 300 g/mol. The maximum Gasteiger partial charge on any atom is 0.119 e. The molecule has 2 N–H and O–H groups in total. The van der Waals surface area contributed by atoms with E-state index in [2.05, 4.69) is 5.32 Å². The molecule has 0 atom stereocenters. The number of nitrogens with one attached hydrogen (secondary N) is 1. The Morgan fingerprint density at radius 2 is 1.70 bits per heavy atom. The molecule has 0 aliphatic carbocycles. The summed E-state index contributed by atoms with van der Waals surface area (Å²) < 4.78 is 5.76. The molecule has 1 aromatic carbocycles. The highest BCUT2D eigenvalue weighted by Gasteiger charge is 2.03. The van der Waals surface area contributed by atoms with E-state index in [1.54, 1.807) is 0 Å². The first-order valence-corrected chi connectivity index (χ1v) is 7.74. The lowest BCUT2D eigenvalue weighted by atomic mass is 10.1. The van der Waals surface area contributed by atoms with Gasteiger partial charge in [0.15, 0.2) is 0 Å². The van der Waals surface area contributed by atoms with Gasteiger partial charge in [-0.25, -0.2) is 0 Å². The summed E-state index contributed by atoms with van der Waals surface area (Å²) in [4.78, 5) is 0. The summed E-state index contributed by atoms with van der Waals surface area (Å²) in [6.45, 7) is 6.65. The maximum absolute atomic E-state index is 8.62. The van der Waals surface area contributed by atoms with E-state index in [9.17, 15) is 0 Å². The molecular weight excluding hydrogens is 274 g/mol. The average Bonchev–Trinajstić information content (AvgIpc) is 2.43. The highest BCUT2D eigenvalue weighted by atomic mass is 35.5. The summed E-state index contributed by atoms with van der Waals surface area (Å²) in [7, 11) is 0. The molecule has 4 heteroatoms. The molecular formula is C16H26ClNO2. The number of aliphatic hydroxyl groups excluding tert-OH is 1. The zero-order valence-corrected chi connectivity index (χ0v) is 13.3. The predicted molar refractivity (Wildman–Crippen MR) is 84.8 cm³/mol. The second-order valence-electron chi connectivity index (χ2n) is 5.11. The molecule has 0 saturated heterocycles. The Labute approximate surface area is 127 Å². The van der Waals surface area contributed by atoms with E-state index < -0.39 is 0 Å². The van der Waals surface area contributed by atoms with Crippen LogP contribution in [0.2, 0.25) is 5.02 Å². The van der Waals surface area contributed by atoms with Gasteiger partial charge in [-0.1, -0.05) is 24.4 Å². The van der Waals surface area contributed by atoms with Gasteiger partial charge >= 0.3 is 0 Å². The van der Waals surface area contributed by atoms with Crippen molar-refractivity contribution < 1.29 is 9.84 Å². The fourth-order valence-electron chi connectivity index (χ4n) is 2.09.